The van der Waals surface area contributed by atoms with Gasteiger partial charge in [0.05, 0.1) is 0 Å². The van der Waals surface area contributed by atoms with Crippen LogP contribution in [0, 0.1) is 34.5 Å². The Labute approximate surface area is 124 Å². The molecule has 0 N–H and O–H groups in total. The summed E-state index contributed by atoms with van der Waals surface area (Å²) in [5.74, 6) is 3.54. The molecule has 0 bridgehead atoms. The van der Waals surface area contributed by atoms with Gasteiger partial charge < -0.3 is 0 Å². The average Bonchev–Trinajstić information content (AvgIpc) is 2.82. The van der Waals surface area contributed by atoms with Crippen molar-refractivity contribution in [2.24, 2.45) is 34.5 Å². The van der Waals surface area contributed by atoms with Crippen LogP contribution in [0.3, 0.4) is 0 Å². The average molecular weight is 270 g/mol. The third kappa shape index (κ3) is 1.44. The van der Waals surface area contributed by atoms with Crippen molar-refractivity contribution >= 4 is 0 Å². The van der Waals surface area contributed by atoms with Gasteiger partial charge in [0.2, 0.25) is 0 Å². The van der Waals surface area contributed by atoms with E-state index in [1.165, 1.54) is 38.5 Å². The molecule has 4 rings (SSSR count). The normalized spacial score (nSPS) is 54.1. The van der Waals surface area contributed by atoms with Crippen molar-refractivity contribution in [3.05, 3.63) is 23.3 Å². The van der Waals surface area contributed by atoms with Crippen molar-refractivity contribution in [1.29, 1.82) is 0 Å². The first-order valence-corrected chi connectivity index (χ1v) is 8.75. The molecule has 0 spiro atoms. The largest absolute Gasteiger partial charge is 0.0993 e. The van der Waals surface area contributed by atoms with Crippen LogP contribution in [0.2, 0.25) is 0 Å². The summed E-state index contributed by atoms with van der Waals surface area (Å²) in [4.78, 5) is 0. The first-order chi connectivity index (χ1) is 9.38. The van der Waals surface area contributed by atoms with Crippen molar-refractivity contribution in [3.63, 3.8) is 0 Å². The van der Waals surface area contributed by atoms with Gasteiger partial charge in [-0.2, -0.15) is 0 Å². The minimum atomic E-state index is 0.543. The van der Waals surface area contributed by atoms with E-state index in [9.17, 15) is 0 Å². The minimum absolute atomic E-state index is 0.543. The van der Waals surface area contributed by atoms with Gasteiger partial charge in [0.1, 0.15) is 0 Å². The van der Waals surface area contributed by atoms with Crippen molar-refractivity contribution < 1.29 is 0 Å². The van der Waals surface area contributed by atoms with Gasteiger partial charge in [-0.05, 0) is 80.0 Å². The molecule has 0 amide bonds. The molecule has 0 aromatic heterocycles. The second-order valence-corrected chi connectivity index (χ2v) is 8.92. The molecule has 20 heavy (non-hydrogen) atoms. The van der Waals surface area contributed by atoms with Crippen LogP contribution in [0.25, 0.3) is 0 Å². The maximum atomic E-state index is 4.54. The van der Waals surface area contributed by atoms with Crippen molar-refractivity contribution in [1.82, 2.24) is 0 Å². The van der Waals surface area contributed by atoms with E-state index >= 15 is 0 Å². The van der Waals surface area contributed by atoms with E-state index < -0.39 is 0 Å². The van der Waals surface area contributed by atoms with E-state index in [2.05, 4.69) is 34.3 Å². The van der Waals surface area contributed by atoms with Crippen LogP contribution >= 0.6 is 0 Å². The van der Waals surface area contributed by atoms with E-state index in [4.69, 9.17) is 0 Å². The fraction of sp³-hybridized carbons (Fsp3) is 0.800. The molecule has 0 heteroatoms. The quantitative estimate of drug-likeness (QED) is 0.491. The number of fused-ring (bicyclic) bond motifs is 2. The Kier molecular flexibility index (Phi) is 2.51. The summed E-state index contributed by atoms with van der Waals surface area (Å²) >= 11 is 0. The van der Waals surface area contributed by atoms with Crippen LogP contribution < -0.4 is 0 Å². The van der Waals surface area contributed by atoms with Crippen molar-refractivity contribution in [2.75, 3.05) is 0 Å². The van der Waals surface area contributed by atoms with Crippen LogP contribution in [-0.4, -0.2) is 0 Å². The Balaban J connectivity index is 1.71. The summed E-state index contributed by atoms with van der Waals surface area (Å²) in [7, 11) is 0. The Morgan fingerprint density at radius 1 is 1.15 bits per heavy atom. The molecule has 6 atom stereocenters. The predicted molar refractivity (Wildman–Crippen MR) is 85.4 cm³/mol. The highest BCUT2D eigenvalue weighted by molar-refractivity contribution is 5.40. The van der Waals surface area contributed by atoms with Crippen LogP contribution in [0.4, 0.5) is 0 Å². The maximum absolute atomic E-state index is 4.54. The van der Waals surface area contributed by atoms with Crippen LogP contribution in [0.1, 0.15) is 66.2 Å². The molecule has 0 radical (unpaired) electrons. The zero-order valence-electron chi connectivity index (χ0n) is 13.8. The fourth-order valence-corrected chi connectivity index (χ4v) is 6.40. The summed E-state index contributed by atoms with van der Waals surface area (Å²) in [5, 5.41) is 0. The van der Waals surface area contributed by atoms with E-state index in [0.29, 0.717) is 10.8 Å². The molecule has 110 valence electrons. The lowest BCUT2D eigenvalue weighted by Crippen LogP contribution is -2.37. The molecule has 0 saturated heterocycles. The topological polar surface area (TPSA) is 0 Å². The second kappa shape index (κ2) is 3.81. The number of hydrogen-bond donors (Lipinski definition) is 0. The first kappa shape index (κ1) is 13.2. The zero-order chi connectivity index (χ0) is 14.3. The molecule has 0 heterocycles. The lowest BCUT2D eigenvalue weighted by atomic mass is 9.57. The Morgan fingerprint density at radius 3 is 2.65 bits per heavy atom. The minimum Gasteiger partial charge on any atom is -0.0993 e. The Hall–Kier alpha value is -0.520. The molecule has 0 aromatic rings. The Bertz CT molecular complexity index is 510. The van der Waals surface area contributed by atoms with Gasteiger partial charge in [0, 0.05) is 0 Å². The Morgan fingerprint density at radius 2 is 1.90 bits per heavy atom. The monoisotopic (exact) mass is 270 g/mol. The van der Waals surface area contributed by atoms with Gasteiger partial charge in [-0.25, -0.2) is 0 Å². The van der Waals surface area contributed by atoms with Crippen molar-refractivity contribution in [3.8, 4) is 0 Å². The van der Waals surface area contributed by atoms with Crippen LogP contribution in [0.15, 0.2) is 23.3 Å². The highest BCUT2D eigenvalue weighted by Crippen LogP contribution is 2.75. The van der Waals surface area contributed by atoms with Gasteiger partial charge in [-0.3, -0.25) is 0 Å². The lowest BCUT2D eigenvalue weighted by molar-refractivity contribution is 0.106. The molecule has 3 fully saturated rings. The zero-order valence-corrected chi connectivity index (χ0v) is 13.8. The van der Waals surface area contributed by atoms with Crippen LogP contribution in [-0.2, 0) is 0 Å². The standard InChI is InChI=1S/C20H30/c1-12-6-8-19(4)9-7-15-13(2)10-17-18(20(15,17)5)11-16(19)14(12)3/h12,16-18H,3,6-11H2,1-2,4-5H3/t12?,16-,17?,18-,19+,20+/m1/s1. The molecule has 4 aliphatic rings. The molecule has 2 unspecified atom stereocenters. The molecular weight excluding hydrogens is 240 g/mol. The summed E-state index contributed by atoms with van der Waals surface area (Å²) in [6, 6.07) is 0. The van der Waals surface area contributed by atoms with Gasteiger partial charge in [0.25, 0.3) is 0 Å². The molecule has 3 saturated carbocycles. The lowest BCUT2D eigenvalue weighted by Gasteiger charge is -2.48. The summed E-state index contributed by atoms with van der Waals surface area (Å²) in [5.41, 5.74) is 6.36. The number of allylic oxidation sites excluding steroid dienone is 3. The number of rotatable bonds is 0. The van der Waals surface area contributed by atoms with E-state index in [1.807, 2.05) is 5.57 Å². The highest BCUT2D eigenvalue weighted by Gasteiger charge is 2.67. The fourth-order valence-electron chi connectivity index (χ4n) is 6.40. The summed E-state index contributed by atoms with van der Waals surface area (Å²) in [6.07, 6.45) is 8.43. The SMILES string of the molecule is C=C1C(C)CC[C@@]2(C)CCC3=C(C)CC4[C@@H](C[C@H]12)[C@@]34C. The van der Waals surface area contributed by atoms with E-state index in [0.717, 1.165) is 23.7 Å². The first-order valence-electron chi connectivity index (χ1n) is 8.75. The van der Waals surface area contributed by atoms with E-state index in [-0.39, 0.29) is 0 Å². The molecule has 0 aromatic carbocycles. The molecular formula is C20H30. The van der Waals surface area contributed by atoms with Crippen LogP contribution in [0.5, 0.6) is 0 Å². The van der Waals surface area contributed by atoms with Gasteiger partial charge >= 0.3 is 0 Å². The second-order valence-electron chi connectivity index (χ2n) is 8.92. The highest BCUT2D eigenvalue weighted by atomic mass is 14.7. The van der Waals surface area contributed by atoms with Gasteiger partial charge in [-0.15, -0.1) is 0 Å². The summed E-state index contributed by atoms with van der Waals surface area (Å²) < 4.78 is 0. The van der Waals surface area contributed by atoms with Gasteiger partial charge in [-0.1, -0.05) is 44.1 Å². The van der Waals surface area contributed by atoms with Gasteiger partial charge in [0.15, 0.2) is 0 Å². The third-order valence-electron chi connectivity index (χ3n) is 8.11. The smallest absolute Gasteiger partial charge is 0.00480 e. The number of hydrogen-bond acceptors (Lipinski definition) is 0. The van der Waals surface area contributed by atoms with E-state index in [1.54, 1.807) is 11.1 Å². The maximum Gasteiger partial charge on any atom is -0.00480 e. The van der Waals surface area contributed by atoms with Crippen molar-refractivity contribution in [2.45, 2.75) is 66.2 Å². The molecule has 4 aliphatic carbocycles. The summed E-state index contributed by atoms with van der Waals surface area (Å²) in [6.45, 7) is 14.5. The predicted octanol–water partition coefficient (Wildman–Crippen LogP) is 5.75. The molecule has 0 aliphatic heterocycles. The molecule has 0 nitrogen and oxygen atoms in total. The third-order valence-corrected chi connectivity index (χ3v) is 8.11.